The fourth-order valence-electron chi connectivity index (χ4n) is 3.45. The van der Waals surface area contributed by atoms with Crippen LogP contribution < -0.4 is 10.1 Å². The van der Waals surface area contributed by atoms with E-state index >= 15 is 0 Å². The van der Waals surface area contributed by atoms with E-state index in [1.54, 1.807) is 0 Å². The highest BCUT2D eigenvalue weighted by Gasteiger charge is 2.23. The normalized spacial score (nSPS) is 14.4. The number of nitrogens with zero attached hydrogens (tertiary/aromatic N) is 2. The van der Waals surface area contributed by atoms with Gasteiger partial charge in [-0.3, -0.25) is 4.79 Å². The second-order valence-electron chi connectivity index (χ2n) is 7.50. The van der Waals surface area contributed by atoms with Gasteiger partial charge in [-0.2, -0.15) is 5.10 Å². The molecular formula is C26H18ClN3O2S2. The summed E-state index contributed by atoms with van der Waals surface area (Å²) in [6, 6.07) is 25.2. The molecule has 8 heteroatoms. The summed E-state index contributed by atoms with van der Waals surface area (Å²) in [7, 11) is 0. The molecule has 1 N–H and O–H groups in total. The number of aromatic nitrogens is 2. The van der Waals surface area contributed by atoms with Crippen molar-refractivity contribution in [3.8, 4) is 22.7 Å². The molecule has 0 atom stereocenters. The summed E-state index contributed by atoms with van der Waals surface area (Å²) in [6.07, 6.45) is 3.74. The van der Waals surface area contributed by atoms with Gasteiger partial charge in [0.05, 0.1) is 16.3 Å². The summed E-state index contributed by atoms with van der Waals surface area (Å²) in [4.78, 5) is 12.8. The van der Waals surface area contributed by atoms with Gasteiger partial charge in [0.15, 0.2) is 0 Å². The molecule has 1 saturated heterocycles. The van der Waals surface area contributed by atoms with E-state index in [4.69, 9.17) is 33.7 Å². The van der Waals surface area contributed by atoms with E-state index in [0.717, 1.165) is 33.8 Å². The standard InChI is InChI=1S/C26H18ClN3O2S2/c27-20-10-6-17(7-11-20)16-32-22-12-8-18(9-13-22)24-19(14-23-25(31)28-26(33)34-23)15-30(29-24)21-4-2-1-3-5-21/h1-15H,16H2,(H,28,31,33)/b23-14+. The minimum absolute atomic E-state index is 0.195. The maximum absolute atomic E-state index is 12.2. The van der Waals surface area contributed by atoms with Crippen LogP contribution in [0.5, 0.6) is 5.75 Å². The van der Waals surface area contributed by atoms with Crippen LogP contribution in [0.15, 0.2) is 90.0 Å². The summed E-state index contributed by atoms with van der Waals surface area (Å²) in [6.45, 7) is 0.447. The van der Waals surface area contributed by atoms with E-state index in [2.05, 4.69) is 5.32 Å². The van der Waals surface area contributed by atoms with Gasteiger partial charge < -0.3 is 10.1 Å². The predicted octanol–water partition coefficient (Wildman–Crippen LogP) is 6.26. The second kappa shape index (κ2) is 9.85. The average molecular weight is 504 g/mol. The van der Waals surface area contributed by atoms with Crippen molar-refractivity contribution < 1.29 is 9.53 Å². The van der Waals surface area contributed by atoms with Crippen LogP contribution >= 0.6 is 35.6 Å². The monoisotopic (exact) mass is 503 g/mol. The first-order valence-electron chi connectivity index (χ1n) is 10.4. The van der Waals surface area contributed by atoms with Crippen molar-refractivity contribution >= 4 is 51.9 Å². The Kier molecular flexibility index (Phi) is 6.49. The number of benzene rings is 3. The molecule has 0 bridgehead atoms. The van der Waals surface area contributed by atoms with Gasteiger partial charge in [0.2, 0.25) is 0 Å². The van der Waals surface area contributed by atoms with E-state index in [1.807, 2.05) is 95.8 Å². The topological polar surface area (TPSA) is 56.2 Å². The molecule has 3 aromatic carbocycles. The number of hydrogen-bond acceptors (Lipinski definition) is 5. The number of hydrogen-bond donors (Lipinski definition) is 1. The lowest BCUT2D eigenvalue weighted by molar-refractivity contribution is -0.115. The molecule has 1 fully saturated rings. The van der Waals surface area contributed by atoms with Crippen molar-refractivity contribution in [2.75, 3.05) is 0 Å². The Morgan fingerprint density at radius 3 is 2.44 bits per heavy atom. The van der Waals surface area contributed by atoms with Gasteiger partial charge in [0, 0.05) is 22.3 Å². The molecule has 5 rings (SSSR count). The van der Waals surface area contributed by atoms with Gasteiger partial charge in [-0.1, -0.05) is 65.9 Å². The highest BCUT2D eigenvalue weighted by molar-refractivity contribution is 8.26. The Labute approximate surface area is 211 Å². The zero-order valence-electron chi connectivity index (χ0n) is 17.8. The van der Waals surface area contributed by atoms with Crippen LogP contribution in [0.2, 0.25) is 5.02 Å². The van der Waals surface area contributed by atoms with Gasteiger partial charge in [0.25, 0.3) is 5.91 Å². The van der Waals surface area contributed by atoms with Crippen molar-refractivity contribution in [1.29, 1.82) is 0 Å². The molecule has 2 heterocycles. The molecular weight excluding hydrogens is 486 g/mol. The van der Waals surface area contributed by atoms with Crippen molar-refractivity contribution in [1.82, 2.24) is 15.1 Å². The maximum atomic E-state index is 12.2. The Bertz CT molecular complexity index is 1380. The minimum Gasteiger partial charge on any atom is -0.489 e. The molecule has 5 nitrogen and oxygen atoms in total. The number of amides is 1. The van der Waals surface area contributed by atoms with Crippen molar-refractivity contribution in [3.05, 3.63) is 106 Å². The lowest BCUT2D eigenvalue weighted by Crippen LogP contribution is -2.17. The molecule has 0 saturated carbocycles. The van der Waals surface area contributed by atoms with Crippen molar-refractivity contribution in [2.24, 2.45) is 0 Å². The van der Waals surface area contributed by atoms with Crippen LogP contribution in [-0.4, -0.2) is 20.0 Å². The van der Waals surface area contributed by atoms with Gasteiger partial charge in [-0.25, -0.2) is 4.68 Å². The third-order valence-electron chi connectivity index (χ3n) is 5.14. The number of thiocarbonyl (C=S) groups is 1. The fourth-order valence-corrected chi connectivity index (χ4v) is 4.61. The number of thioether (sulfide) groups is 1. The molecule has 168 valence electrons. The highest BCUT2D eigenvalue weighted by Crippen LogP contribution is 2.31. The maximum Gasteiger partial charge on any atom is 0.263 e. The van der Waals surface area contributed by atoms with Crippen LogP contribution in [0, 0.1) is 0 Å². The Hall–Kier alpha value is -3.39. The molecule has 1 aliphatic rings. The van der Waals surface area contributed by atoms with E-state index in [1.165, 1.54) is 11.8 Å². The predicted molar refractivity (Wildman–Crippen MR) is 141 cm³/mol. The minimum atomic E-state index is -0.195. The quantitative estimate of drug-likeness (QED) is 0.248. The summed E-state index contributed by atoms with van der Waals surface area (Å²) in [5, 5.41) is 8.17. The third-order valence-corrected chi connectivity index (χ3v) is 6.55. The molecule has 1 amide bonds. The van der Waals surface area contributed by atoms with Crippen LogP contribution in [-0.2, 0) is 11.4 Å². The first-order chi connectivity index (χ1) is 16.5. The lowest BCUT2D eigenvalue weighted by Gasteiger charge is -2.07. The Morgan fingerprint density at radius 1 is 1.03 bits per heavy atom. The average Bonchev–Trinajstić information content (AvgIpc) is 3.42. The number of halogens is 1. The van der Waals surface area contributed by atoms with Crippen molar-refractivity contribution in [2.45, 2.75) is 6.61 Å². The summed E-state index contributed by atoms with van der Waals surface area (Å²) in [5.41, 5.74) is 4.45. The molecule has 0 unspecified atom stereocenters. The molecule has 0 aliphatic carbocycles. The van der Waals surface area contributed by atoms with Gasteiger partial charge in [-0.05, 0) is 60.2 Å². The smallest absolute Gasteiger partial charge is 0.263 e. The summed E-state index contributed by atoms with van der Waals surface area (Å²) < 4.78 is 8.17. The number of para-hydroxylation sites is 1. The lowest BCUT2D eigenvalue weighted by atomic mass is 10.1. The van der Waals surface area contributed by atoms with Crippen molar-refractivity contribution in [3.63, 3.8) is 0 Å². The van der Waals surface area contributed by atoms with Gasteiger partial charge in [-0.15, -0.1) is 0 Å². The number of carbonyl (C=O) groups is 1. The molecule has 1 aliphatic heterocycles. The number of rotatable bonds is 6. The number of ether oxygens (including phenoxy) is 1. The highest BCUT2D eigenvalue weighted by atomic mass is 35.5. The summed E-state index contributed by atoms with van der Waals surface area (Å²) in [5.74, 6) is 0.552. The zero-order valence-corrected chi connectivity index (χ0v) is 20.2. The van der Waals surface area contributed by atoms with Crippen LogP contribution in [0.1, 0.15) is 11.1 Å². The molecule has 0 radical (unpaired) electrons. The third kappa shape index (κ3) is 5.07. The molecule has 34 heavy (non-hydrogen) atoms. The second-order valence-corrected chi connectivity index (χ2v) is 9.66. The summed E-state index contributed by atoms with van der Waals surface area (Å²) >= 11 is 12.3. The Balaban J connectivity index is 1.44. The molecule has 1 aromatic heterocycles. The van der Waals surface area contributed by atoms with Crippen LogP contribution in [0.4, 0.5) is 0 Å². The first kappa shape index (κ1) is 22.4. The van der Waals surface area contributed by atoms with Crippen LogP contribution in [0.25, 0.3) is 23.0 Å². The van der Waals surface area contributed by atoms with E-state index in [0.29, 0.717) is 20.9 Å². The van der Waals surface area contributed by atoms with Gasteiger partial charge >= 0.3 is 0 Å². The number of carbonyl (C=O) groups excluding carboxylic acids is 1. The SMILES string of the molecule is O=C1NC(=S)S/C1=C/c1cn(-c2ccccc2)nc1-c1ccc(OCc2ccc(Cl)cc2)cc1. The van der Waals surface area contributed by atoms with Crippen LogP contribution in [0.3, 0.4) is 0 Å². The van der Waals surface area contributed by atoms with Gasteiger partial charge in [0.1, 0.15) is 16.7 Å². The van der Waals surface area contributed by atoms with E-state index < -0.39 is 0 Å². The Morgan fingerprint density at radius 2 is 1.76 bits per heavy atom. The number of nitrogens with one attached hydrogen (secondary N) is 1. The largest absolute Gasteiger partial charge is 0.489 e. The fraction of sp³-hybridized carbons (Fsp3) is 0.0385. The van der Waals surface area contributed by atoms with E-state index in [9.17, 15) is 4.79 Å². The first-order valence-corrected chi connectivity index (χ1v) is 12.0. The molecule has 0 spiro atoms. The van der Waals surface area contributed by atoms with E-state index in [-0.39, 0.29) is 5.91 Å². The zero-order chi connectivity index (χ0) is 23.5. The molecule has 4 aromatic rings.